The van der Waals surface area contributed by atoms with Gasteiger partial charge in [-0.2, -0.15) is 0 Å². The number of benzene rings is 3. The summed E-state index contributed by atoms with van der Waals surface area (Å²) in [5, 5.41) is 26.5. The van der Waals surface area contributed by atoms with Gasteiger partial charge in [-0.3, -0.25) is 4.79 Å². The number of furan rings is 1. The molecule has 7 unspecified atom stereocenters. The second kappa shape index (κ2) is 16.7. The van der Waals surface area contributed by atoms with E-state index in [0.29, 0.717) is 56.0 Å². The normalized spacial score (nSPS) is 28.4. The van der Waals surface area contributed by atoms with Crippen LogP contribution in [0.5, 0.6) is 0 Å². The second-order valence-electron chi connectivity index (χ2n) is 18.0. The summed E-state index contributed by atoms with van der Waals surface area (Å²) in [5.41, 5.74) is 2.53. The number of hydrogen-bond acceptors (Lipinski definition) is 6. The maximum atomic E-state index is 14.7. The lowest BCUT2D eigenvalue weighted by molar-refractivity contribution is -0.0875. The Morgan fingerprint density at radius 1 is 0.982 bits per heavy atom. The molecule has 4 aliphatic rings. The van der Waals surface area contributed by atoms with Crippen molar-refractivity contribution in [1.29, 1.82) is 0 Å². The summed E-state index contributed by atoms with van der Waals surface area (Å²) in [6, 6.07) is 23.9. The summed E-state index contributed by atoms with van der Waals surface area (Å²) in [5.74, 6) is 1.03. The van der Waals surface area contributed by atoms with Crippen LogP contribution in [0.3, 0.4) is 0 Å². The molecule has 56 heavy (non-hydrogen) atoms. The molecule has 0 aliphatic heterocycles. The SMILES string of the molecule is CC1=CCCC2(C)C(CCC2(O)CN(Cc2cccc3ccccc23)C(=O)OC2CC(C)CCC2C(C)C)c2ccc(cc2C(=O)c2ccco2)CC(O)CC1. The summed E-state index contributed by atoms with van der Waals surface area (Å²) in [7, 11) is 0. The number of nitrogens with zero attached hydrogens (tertiary/aromatic N) is 1. The highest BCUT2D eigenvalue weighted by molar-refractivity contribution is 6.08. The molecule has 0 radical (unpaired) electrons. The minimum absolute atomic E-state index is 0.102. The number of rotatable bonds is 8. The van der Waals surface area contributed by atoms with E-state index in [2.05, 4.69) is 65.0 Å². The Kier molecular flexibility index (Phi) is 11.9. The van der Waals surface area contributed by atoms with E-state index in [1.165, 1.54) is 11.8 Å². The number of ketones is 1. The van der Waals surface area contributed by atoms with Crippen LogP contribution in [0, 0.1) is 23.2 Å². The molecular formula is C49H61NO6. The Hall–Kier alpha value is -4.20. The third-order valence-electron chi connectivity index (χ3n) is 13.8. The molecule has 4 aromatic rings. The number of carbonyl (C=O) groups is 2. The first-order valence-corrected chi connectivity index (χ1v) is 21.0. The van der Waals surface area contributed by atoms with E-state index >= 15 is 0 Å². The molecule has 7 atom stereocenters. The van der Waals surface area contributed by atoms with Crippen LogP contribution in [0.2, 0.25) is 0 Å². The molecular weight excluding hydrogens is 699 g/mol. The number of aliphatic hydroxyl groups is 2. The number of allylic oxidation sites excluding steroid dienone is 2. The molecule has 7 nitrogen and oxygen atoms in total. The zero-order chi connectivity index (χ0) is 39.6. The molecule has 7 heteroatoms. The topological polar surface area (TPSA) is 100 Å². The van der Waals surface area contributed by atoms with Gasteiger partial charge in [0, 0.05) is 17.5 Å². The highest BCUT2D eigenvalue weighted by atomic mass is 16.6. The van der Waals surface area contributed by atoms with E-state index in [-0.39, 0.29) is 42.1 Å². The number of amides is 1. The van der Waals surface area contributed by atoms with Crippen molar-refractivity contribution in [2.24, 2.45) is 23.2 Å². The molecule has 2 saturated carbocycles. The fourth-order valence-corrected chi connectivity index (χ4v) is 10.3. The van der Waals surface area contributed by atoms with Gasteiger partial charge < -0.3 is 24.3 Å². The summed E-state index contributed by atoms with van der Waals surface area (Å²) in [6.07, 6.45) is 9.99. The van der Waals surface area contributed by atoms with Crippen molar-refractivity contribution in [3.8, 4) is 0 Å². The third-order valence-corrected chi connectivity index (χ3v) is 13.8. The molecule has 8 rings (SSSR count). The van der Waals surface area contributed by atoms with Gasteiger partial charge in [-0.15, -0.1) is 0 Å². The molecule has 298 valence electrons. The fraction of sp³-hybridized carbons (Fsp3) is 0.510. The second-order valence-corrected chi connectivity index (χ2v) is 18.0. The summed E-state index contributed by atoms with van der Waals surface area (Å²) < 4.78 is 12.2. The lowest BCUT2D eigenvalue weighted by Crippen LogP contribution is -2.54. The maximum Gasteiger partial charge on any atom is 0.410 e. The first-order chi connectivity index (χ1) is 26.8. The average Bonchev–Trinajstić information content (AvgIpc) is 3.80. The molecule has 3 aromatic carbocycles. The van der Waals surface area contributed by atoms with Gasteiger partial charge in [-0.05, 0) is 134 Å². The van der Waals surface area contributed by atoms with Crippen molar-refractivity contribution in [1.82, 2.24) is 4.90 Å². The van der Waals surface area contributed by atoms with Crippen LogP contribution in [0.1, 0.15) is 131 Å². The standard InChI is InChI=1S/C49H61NO6/c1-32(2)39-21-18-34(4)27-45(39)56-47(53)50(30-37-14-8-13-36-12-6-7-15-40(36)37)31-49(54)25-23-43-41-22-19-35(29-42(41)46(52)44-16-10-26-55-44)28-38(51)20-17-33(3)11-9-24-48(43,49)5/h6-8,10-16,19,22,26,29,32,34,38-39,43,45,51,54H,9,17-18,20-21,23-25,27-28,30-31H2,1-5H3. The molecule has 2 bridgehead atoms. The predicted molar refractivity (Wildman–Crippen MR) is 222 cm³/mol. The first-order valence-electron chi connectivity index (χ1n) is 21.0. The van der Waals surface area contributed by atoms with Crippen LogP contribution in [0.25, 0.3) is 10.8 Å². The quantitative estimate of drug-likeness (QED) is 0.137. The van der Waals surface area contributed by atoms with E-state index in [1.807, 2.05) is 36.4 Å². The number of fused-ring (bicyclic) bond motifs is 9. The van der Waals surface area contributed by atoms with E-state index in [0.717, 1.165) is 59.6 Å². The van der Waals surface area contributed by atoms with Crippen molar-refractivity contribution >= 4 is 22.6 Å². The minimum Gasteiger partial charge on any atom is -0.461 e. The van der Waals surface area contributed by atoms with Crippen LogP contribution in [0.15, 0.2) is 95.1 Å². The van der Waals surface area contributed by atoms with Crippen LogP contribution in [-0.4, -0.2) is 51.3 Å². The van der Waals surface area contributed by atoms with Gasteiger partial charge in [-0.1, -0.05) is 100 Å². The monoisotopic (exact) mass is 759 g/mol. The van der Waals surface area contributed by atoms with Crippen LogP contribution >= 0.6 is 0 Å². The van der Waals surface area contributed by atoms with Gasteiger partial charge in [0.2, 0.25) is 5.78 Å². The Morgan fingerprint density at radius 2 is 1.79 bits per heavy atom. The molecule has 1 aromatic heterocycles. The highest BCUT2D eigenvalue weighted by Crippen LogP contribution is 2.59. The van der Waals surface area contributed by atoms with E-state index < -0.39 is 17.1 Å². The summed E-state index contributed by atoms with van der Waals surface area (Å²) in [4.78, 5) is 30.7. The highest BCUT2D eigenvalue weighted by Gasteiger charge is 2.58. The maximum absolute atomic E-state index is 14.7. The fourth-order valence-electron chi connectivity index (χ4n) is 10.3. The Bertz CT molecular complexity index is 2030. The van der Waals surface area contributed by atoms with Gasteiger partial charge in [-0.25, -0.2) is 4.79 Å². The van der Waals surface area contributed by atoms with E-state index in [9.17, 15) is 19.8 Å². The third kappa shape index (κ3) is 8.26. The lowest BCUT2D eigenvalue weighted by Gasteiger charge is -2.46. The van der Waals surface area contributed by atoms with Crippen molar-refractivity contribution < 1.29 is 29.0 Å². The van der Waals surface area contributed by atoms with E-state index in [1.54, 1.807) is 17.0 Å². The minimum atomic E-state index is -1.29. The smallest absolute Gasteiger partial charge is 0.410 e. The molecule has 1 heterocycles. The number of ether oxygens (including phenoxy) is 1. The number of hydrogen-bond donors (Lipinski definition) is 2. The summed E-state index contributed by atoms with van der Waals surface area (Å²) >= 11 is 0. The van der Waals surface area contributed by atoms with Gasteiger partial charge in [0.15, 0.2) is 5.76 Å². The molecule has 2 N–H and O–H groups in total. The predicted octanol–water partition coefficient (Wildman–Crippen LogP) is 10.8. The lowest BCUT2D eigenvalue weighted by atomic mass is 9.64. The van der Waals surface area contributed by atoms with Gasteiger partial charge in [0.25, 0.3) is 0 Å². The van der Waals surface area contributed by atoms with Crippen molar-refractivity contribution in [3.63, 3.8) is 0 Å². The molecule has 1 amide bonds. The Morgan fingerprint density at radius 3 is 2.57 bits per heavy atom. The van der Waals surface area contributed by atoms with Crippen molar-refractivity contribution in [2.75, 3.05) is 6.54 Å². The van der Waals surface area contributed by atoms with E-state index in [4.69, 9.17) is 9.15 Å². The number of carbonyl (C=O) groups excluding carboxylic acids is 2. The van der Waals surface area contributed by atoms with Crippen LogP contribution < -0.4 is 0 Å². The molecule has 0 saturated heterocycles. The number of aliphatic hydroxyl groups excluding tert-OH is 1. The van der Waals surface area contributed by atoms with Crippen LogP contribution in [-0.2, 0) is 17.7 Å². The summed E-state index contributed by atoms with van der Waals surface area (Å²) in [6.45, 7) is 11.4. The first kappa shape index (κ1) is 40.0. The van der Waals surface area contributed by atoms with Gasteiger partial charge in [0.05, 0.1) is 24.5 Å². The average molecular weight is 760 g/mol. The largest absolute Gasteiger partial charge is 0.461 e. The van der Waals surface area contributed by atoms with Crippen molar-refractivity contribution in [2.45, 2.75) is 129 Å². The van der Waals surface area contributed by atoms with Crippen molar-refractivity contribution in [3.05, 3.63) is 119 Å². The molecule has 4 aliphatic carbocycles. The van der Waals surface area contributed by atoms with Crippen LogP contribution in [0.4, 0.5) is 4.79 Å². The zero-order valence-corrected chi connectivity index (χ0v) is 34.0. The zero-order valence-electron chi connectivity index (χ0n) is 34.0. The molecule has 0 spiro atoms. The van der Waals surface area contributed by atoms with Gasteiger partial charge >= 0.3 is 6.09 Å². The molecule has 2 fully saturated rings. The Balaban J connectivity index is 1.29. The van der Waals surface area contributed by atoms with Gasteiger partial charge in [0.1, 0.15) is 6.10 Å². The Labute approximate surface area is 333 Å².